The van der Waals surface area contributed by atoms with E-state index in [1.165, 1.54) is 7.11 Å². The number of fused-ring (bicyclic) bond motifs is 3. The second kappa shape index (κ2) is 7.57. The molecule has 150 valence electrons. The Morgan fingerprint density at radius 1 is 1.15 bits per heavy atom. The number of hydrogen-bond acceptors (Lipinski definition) is 6. The minimum Gasteiger partial charge on any atom is -0.376 e. The molecule has 0 aliphatic heterocycles. The standard InChI is InChI=1S/C21H30O6/c1-20(2)15-8-13(27-12-25-3)9-16(20)19(24)14-6-5-7-18(26-4)21(14,11-22)10-17(15)23/h5,7,11,13-16,18H,6,8-10,12H2,1-4H3/t13-,14-,15+,16-,18+,21-/m1/s1. The molecule has 0 N–H and O–H groups in total. The van der Waals surface area contributed by atoms with Crippen LogP contribution in [0.5, 0.6) is 0 Å². The van der Waals surface area contributed by atoms with Gasteiger partial charge >= 0.3 is 0 Å². The molecule has 27 heavy (non-hydrogen) atoms. The Hall–Kier alpha value is -1.37. The van der Waals surface area contributed by atoms with Gasteiger partial charge in [0, 0.05) is 38.4 Å². The van der Waals surface area contributed by atoms with Crippen LogP contribution in [-0.4, -0.2) is 51.1 Å². The highest BCUT2D eigenvalue weighted by Crippen LogP contribution is 2.54. The summed E-state index contributed by atoms with van der Waals surface area (Å²) in [5.41, 5.74) is -1.56. The maximum absolute atomic E-state index is 13.7. The fraction of sp³-hybridized carbons (Fsp3) is 0.762. The van der Waals surface area contributed by atoms with E-state index in [4.69, 9.17) is 14.2 Å². The summed E-state index contributed by atoms with van der Waals surface area (Å²) in [5, 5.41) is 0. The first-order valence-electron chi connectivity index (χ1n) is 9.64. The molecule has 2 bridgehead atoms. The van der Waals surface area contributed by atoms with Crippen molar-refractivity contribution in [2.45, 2.75) is 51.7 Å². The Balaban J connectivity index is 2.04. The molecule has 6 heteroatoms. The lowest BCUT2D eigenvalue weighted by molar-refractivity contribution is -0.170. The Labute approximate surface area is 160 Å². The Morgan fingerprint density at radius 2 is 1.85 bits per heavy atom. The third kappa shape index (κ3) is 3.22. The van der Waals surface area contributed by atoms with Gasteiger partial charge in [-0.1, -0.05) is 26.0 Å². The number of carbonyl (C=O) groups is 3. The first-order chi connectivity index (χ1) is 12.8. The fourth-order valence-electron chi connectivity index (χ4n) is 5.50. The van der Waals surface area contributed by atoms with Gasteiger partial charge in [0.2, 0.25) is 0 Å². The number of rotatable bonds is 5. The molecule has 0 unspecified atom stereocenters. The average molecular weight is 378 g/mol. The lowest BCUT2D eigenvalue weighted by Crippen LogP contribution is -2.59. The van der Waals surface area contributed by atoms with Gasteiger partial charge in [-0.25, -0.2) is 0 Å². The number of hydrogen-bond donors (Lipinski definition) is 0. The molecule has 0 aromatic rings. The van der Waals surface area contributed by atoms with Crippen molar-refractivity contribution in [2.24, 2.45) is 28.6 Å². The summed E-state index contributed by atoms with van der Waals surface area (Å²) in [6, 6.07) is 0. The van der Waals surface area contributed by atoms with Crippen LogP contribution >= 0.6 is 0 Å². The van der Waals surface area contributed by atoms with E-state index in [9.17, 15) is 14.4 Å². The van der Waals surface area contributed by atoms with Crippen molar-refractivity contribution in [1.29, 1.82) is 0 Å². The van der Waals surface area contributed by atoms with Crippen molar-refractivity contribution in [3.8, 4) is 0 Å². The number of methoxy groups -OCH3 is 2. The Morgan fingerprint density at radius 3 is 2.48 bits per heavy atom. The predicted molar refractivity (Wildman–Crippen MR) is 97.9 cm³/mol. The second-order valence-electron chi connectivity index (χ2n) is 8.74. The lowest BCUT2D eigenvalue weighted by atomic mass is 9.50. The van der Waals surface area contributed by atoms with Crippen LogP contribution in [0, 0.1) is 28.6 Å². The Bertz CT molecular complexity index is 639. The molecule has 2 saturated carbocycles. The minimum absolute atomic E-state index is 0.0256. The van der Waals surface area contributed by atoms with Gasteiger partial charge in [0.1, 0.15) is 24.6 Å². The molecule has 0 saturated heterocycles. The van der Waals surface area contributed by atoms with Gasteiger partial charge in [-0.2, -0.15) is 0 Å². The molecule has 6 nitrogen and oxygen atoms in total. The number of Topliss-reactive ketones (excluding diaryl/α,β-unsaturated/α-hetero) is 2. The third-order valence-corrected chi connectivity index (χ3v) is 7.11. The van der Waals surface area contributed by atoms with E-state index in [-0.39, 0.29) is 42.7 Å². The second-order valence-corrected chi connectivity index (χ2v) is 8.74. The van der Waals surface area contributed by atoms with Crippen molar-refractivity contribution >= 4 is 17.9 Å². The highest BCUT2D eigenvalue weighted by atomic mass is 16.7. The van der Waals surface area contributed by atoms with E-state index >= 15 is 0 Å². The molecule has 3 rings (SSSR count). The van der Waals surface area contributed by atoms with Gasteiger partial charge in [-0.15, -0.1) is 0 Å². The molecular formula is C21H30O6. The number of carbonyl (C=O) groups excluding carboxylic acids is 3. The summed E-state index contributed by atoms with van der Waals surface area (Å²) in [6.07, 6.45) is 5.37. The Kier molecular flexibility index (Phi) is 5.71. The smallest absolute Gasteiger partial charge is 0.146 e. The maximum atomic E-state index is 13.7. The molecule has 0 aromatic carbocycles. The zero-order chi connectivity index (χ0) is 19.8. The maximum Gasteiger partial charge on any atom is 0.146 e. The number of ether oxygens (including phenoxy) is 3. The monoisotopic (exact) mass is 378 g/mol. The topological polar surface area (TPSA) is 78.9 Å². The van der Waals surface area contributed by atoms with Gasteiger partial charge in [0.15, 0.2) is 0 Å². The van der Waals surface area contributed by atoms with Crippen LogP contribution in [0.2, 0.25) is 0 Å². The largest absolute Gasteiger partial charge is 0.376 e. The molecule has 0 amide bonds. The van der Waals surface area contributed by atoms with E-state index in [0.29, 0.717) is 19.3 Å². The number of aldehydes is 1. The number of allylic oxidation sites excluding steroid dienone is 1. The van der Waals surface area contributed by atoms with Gasteiger partial charge < -0.3 is 19.0 Å². The molecule has 0 heterocycles. The van der Waals surface area contributed by atoms with E-state index in [1.807, 2.05) is 26.0 Å². The minimum atomic E-state index is -1.11. The first kappa shape index (κ1) is 20.4. The average Bonchev–Trinajstić information content (AvgIpc) is 2.65. The summed E-state index contributed by atoms with van der Waals surface area (Å²) in [7, 11) is 3.08. The molecular weight excluding hydrogens is 348 g/mol. The van der Waals surface area contributed by atoms with Crippen molar-refractivity contribution in [3.05, 3.63) is 12.2 Å². The fourth-order valence-corrected chi connectivity index (χ4v) is 5.50. The molecule has 0 radical (unpaired) electrons. The molecule has 6 atom stereocenters. The van der Waals surface area contributed by atoms with E-state index in [2.05, 4.69) is 0 Å². The van der Waals surface area contributed by atoms with E-state index < -0.39 is 22.9 Å². The molecule has 0 aromatic heterocycles. The van der Waals surface area contributed by atoms with E-state index in [1.54, 1.807) is 7.11 Å². The zero-order valence-electron chi connectivity index (χ0n) is 16.6. The van der Waals surface area contributed by atoms with Crippen molar-refractivity contribution in [1.82, 2.24) is 0 Å². The van der Waals surface area contributed by atoms with Crippen LogP contribution in [-0.2, 0) is 28.6 Å². The van der Waals surface area contributed by atoms with E-state index in [0.717, 1.165) is 6.29 Å². The van der Waals surface area contributed by atoms with Crippen molar-refractivity contribution < 1.29 is 28.6 Å². The zero-order valence-corrected chi connectivity index (χ0v) is 16.6. The SMILES string of the molecule is COCO[C@H]1C[C@@H]2C(=O)[C@H]3CC=C[C@H](OC)[C@@]3(C=O)CC(=O)[C@H](C1)C2(C)C. The molecule has 2 fully saturated rings. The molecule has 0 spiro atoms. The van der Waals surface area contributed by atoms with Crippen LogP contribution in [0.3, 0.4) is 0 Å². The van der Waals surface area contributed by atoms with Gasteiger partial charge in [0.25, 0.3) is 0 Å². The summed E-state index contributed by atoms with van der Waals surface area (Å²) in [6.45, 7) is 4.15. The van der Waals surface area contributed by atoms with Crippen LogP contribution in [0.15, 0.2) is 12.2 Å². The van der Waals surface area contributed by atoms with Crippen LogP contribution < -0.4 is 0 Å². The molecule has 3 aliphatic carbocycles. The normalized spacial score (nSPS) is 40.8. The lowest BCUT2D eigenvalue weighted by Gasteiger charge is -2.53. The van der Waals surface area contributed by atoms with Gasteiger partial charge in [-0.05, 0) is 24.7 Å². The molecule has 3 aliphatic rings. The van der Waals surface area contributed by atoms with Crippen LogP contribution in [0.4, 0.5) is 0 Å². The van der Waals surface area contributed by atoms with Crippen LogP contribution in [0.25, 0.3) is 0 Å². The summed E-state index contributed by atoms with van der Waals surface area (Å²) in [4.78, 5) is 39.3. The highest BCUT2D eigenvalue weighted by Gasteiger charge is 2.60. The quantitative estimate of drug-likeness (QED) is 0.415. The van der Waals surface area contributed by atoms with Gasteiger partial charge in [0.05, 0.1) is 17.6 Å². The first-order valence-corrected chi connectivity index (χ1v) is 9.64. The summed E-state index contributed by atoms with van der Waals surface area (Å²) in [5.74, 6) is -1.13. The number of ketones is 2. The third-order valence-electron chi connectivity index (χ3n) is 7.11. The highest BCUT2D eigenvalue weighted by molar-refractivity contribution is 5.95. The summed E-state index contributed by atoms with van der Waals surface area (Å²) >= 11 is 0. The summed E-state index contributed by atoms with van der Waals surface area (Å²) < 4.78 is 16.3. The van der Waals surface area contributed by atoms with Crippen molar-refractivity contribution in [3.63, 3.8) is 0 Å². The van der Waals surface area contributed by atoms with Crippen LogP contribution in [0.1, 0.15) is 39.5 Å². The van der Waals surface area contributed by atoms with Crippen molar-refractivity contribution in [2.75, 3.05) is 21.0 Å². The predicted octanol–water partition coefficient (Wildman–Crippen LogP) is 2.35. The van der Waals surface area contributed by atoms with Gasteiger partial charge in [-0.3, -0.25) is 9.59 Å².